The van der Waals surface area contributed by atoms with Gasteiger partial charge in [0, 0.05) is 23.8 Å². The van der Waals surface area contributed by atoms with E-state index in [-0.39, 0.29) is 23.6 Å². The molecule has 34 heavy (non-hydrogen) atoms. The van der Waals surface area contributed by atoms with Crippen LogP contribution in [0.15, 0.2) is 48.0 Å². The van der Waals surface area contributed by atoms with Gasteiger partial charge in [0.05, 0.1) is 31.0 Å². The van der Waals surface area contributed by atoms with E-state index in [2.05, 4.69) is 15.6 Å². The van der Waals surface area contributed by atoms with Crippen molar-refractivity contribution >= 4 is 45.8 Å². The average molecular weight is 496 g/mol. The molecule has 0 bridgehead atoms. The summed E-state index contributed by atoms with van der Waals surface area (Å²) in [4.78, 5) is 31.1. The molecule has 9 heteroatoms. The number of nitrogens with zero attached hydrogens (tertiary/aromatic N) is 3. The van der Waals surface area contributed by atoms with E-state index in [9.17, 15) is 14.7 Å². The first kappa shape index (κ1) is 22.4. The molecule has 1 N–H and O–H groups in total. The second-order valence-corrected chi connectivity index (χ2v) is 9.77. The van der Waals surface area contributed by atoms with Gasteiger partial charge in [-0.15, -0.1) is 11.3 Å². The number of benzene rings is 1. The number of fused-ring (bicyclic) bond motifs is 3. The maximum Gasteiger partial charge on any atom is 0.339 e. The van der Waals surface area contributed by atoms with Crippen molar-refractivity contribution in [1.29, 1.82) is 0 Å². The van der Waals surface area contributed by atoms with E-state index < -0.39 is 5.97 Å². The van der Waals surface area contributed by atoms with Crippen LogP contribution in [0.5, 0.6) is 5.75 Å². The summed E-state index contributed by atoms with van der Waals surface area (Å²) in [5.74, 6) is -0.829. The molecule has 1 aliphatic rings. The second-order valence-electron chi connectivity index (χ2n) is 8.23. The van der Waals surface area contributed by atoms with Gasteiger partial charge in [-0.1, -0.05) is 17.7 Å². The van der Waals surface area contributed by atoms with Crippen molar-refractivity contribution in [3.63, 3.8) is 0 Å². The van der Waals surface area contributed by atoms with E-state index in [1.54, 1.807) is 18.3 Å². The van der Waals surface area contributed by atoms with Crippen LogP contribution in [0.3, 0.4) is 0 Å². The minimum Gasteiger partial charge on any atom is -0.496 e. The third-order valence-corrected chi connectivity index (χ3v) is 7.32. The molecule has 7 nitrogen and oxygen atoms in total. The predicted octanol–water partition coefficient (Wildman–Crippen LogP) is 4.63. The Bertz CT molecular complexity index is 1410. The normalized spacial score (nSPS) is 13.2. The van der Waals surface area contributed by atoms with Gasteiger partial charge in [0.1, 0.15) is 17.0 Å². The smallest absolute Gasteiger partial charge is 0.339 e. The first-order chi connectivity index (χ1) is 16.4. The third kappa shape index (κ3) is 4.15. The van der Waals surface area contributed by atoms with E-state index in [1.807, 2.05) is 22.4 Å². The van der Waals surface area contributed by atoms with Gasteiger partial charge >= 0.3 is 5.97 Å². The highest BCUT2D eigenvalue weighted by atomic mass is 35.5. The maximum absolute atomic E-state index is 13.2. The Morgan fingerprint density at radius 2 is 2.09 bits per heavy atom. The predicted molar refractivity (Wildman–Crippen MR) is 131 cm³/mol. The maximum atomic E-state index is 13.2. The number of aromatic carboxylic acids is 1. The molecule has 0 aliphatic carbocycles. The Hall–Kier alpha value is -3.36. The number of aromatic nitrogens is 2. The summed E-state index contributed by atoms with van der Waals surface area (Å²) in [6, 6.07) is 10.8. The van der Waals surface area contributed by atoms with Crippen molar-refractivity contribution in [2.75, 3.05) is 13.7 Å². The number of pyridine rings is 1. The summed E-state index contributed by atoms with van der Waals surface area (Å²) < 4.78 is 8.14. The first-order valence-corrected chi connectivity index (χ1v) is 12.1. The van der Waals surface area contributed by atoms with Crippen LogP contribution in [-0.4, -0.2) is 45.1 Å². The van der Waals surface area contributed by atoms with E-state index in [0.29, 0.717) is 25.2 Å². The molecule has 4 heterocycles. The Morgan fingerprint density at radius 3 is 2.82 bits per heavy atom. The fourth-order valence-corrected chi connectivity index (χ4v) is 5.46. The molecule has 0 unspecified atom stereocenters. The summed E-state index contributed by atoms with van der Waals surface area (Å²) in [5.41, 5.74) is 5.14. The number of carbonyl (C=O) groups is 2. The van der Waals surface area contributed by atoms with Gasteiger partial charge in [0.25, 0.3) is 0 Å². The Labute approximate surface area is 205 Å². The van der Waals surface area contributed by atoms with Crippen LogP contribution in [0.1, 0.15) is 32.7 Å². The molecule has 0 radical (unpaired) electrons. The number of rotatable bonds is 6. The largest absolute Gasteiger partial charge is 0.496 e. The average Bonchev–Trinajstić information content (AvgIpc) is 3.39. The van der Waals surface area contributed by atoms with E-state index >= 15 is 0 Å². The summed E-state index contributed by atoms with van der Waals surface area (Å²) in [6.07, 6.45) is 2.72. The standard InChI is InChI=1S/C25H22ClN3O4S/c1-33-21-9-15(4-5-19(21)25(31)32)11-23(30)28-8-6-17-18-3-2-7-27-24(18)29(20(17)13-28)12-16-10-22(26)34-14-16/h2-5,7,9-10,14H,6,8,11-13H2,1H3,(H,31,32). The van der Waals surface area contributed by atoms with Gasteiger partial charge in [-0.3, -0.25) is 4.79 Å². The molecular formula is C25H22ClN3O4S. The van der Waals surface area contributed by atoms with Crippen LogP contribution in [0, 0.1) is 0 Å². The van der Waals surface area contributed by atoms with E-state index in [0.717, 1.165) is 33.0 Å². The molecule has 1 aromatic carbocycles. The van der Waals surface area contributed by atoms with Crippen molar-refractivity contribution in [2.45, 2.75) is 25.9 Å². The molecule has 4 aromatic rings. The fraction of sp³-hybridized carbons (Fsp3) is 0.240. The zero-order valence-corrected chi connectivity index (χ0v) is 20.0. The van der Waals surface area contributed by atoms with Gasteiger partial charge < -0.3 is 19.3 Å². The summed E-state index contributed by atoms with van der Waals surface area (Å²) in [5, 5.41) is 12.5. The van der Waals surface area contributed by atoms with Crippen molar-refractivity contribution < 1.29 is 19.4 Å². The number of carbonyl (C=O) groups excluding carboxylic acids is 1. The van der Waals surface area contributed by atoms with Gasteiger partial charge in [-0.25, -0.2) is 9.78 Å². The number of hydrogen-bond donors (Lipinski definition) is 1. The lowest BCUT2D eigenvalue weighted by molar-refractivity contribution is -0.131. The summed E-state index contributed by atoms with van der Waals surface area (Å²) in [6.45, 7) is 1.75. The summed E-state index contributed by atoms with van der Waals surface area (Å²) in [7, 11) is 1.42. The highest BCUT2D eigenvalue weighted by Gasteiger charge is 2.27. The van der Waals surface area contributed by atoms with Crippen LogP contribution in [0.25, 0.3) is 11.0 Å². The van der Waals surface area contributed by atoms with Gasteiger partial charge in [-0.05, 0) is 58.8 Å². The SMILES string of the molecule is COc1cc(CC(=O)N2CCc3c(n(Cc4csc(Cl)c4)c4ncccc34)C2)ccc1C(=O)O. The third-order valence-electron chi connectivity index (χ3n) is 6.18. The Kier molecular flexibility index (Phi) is 6.02. The number of methoxy groups -OCH3 is 1. The van der Waals surface area contributed by atoms with Crippen LogP contribution in [0.2, 0.25) is 4.34 Å². The van der Waals surface area contributed by atoms with Crippen LogP contribution >= 0.6 is 22.9 Å². The topological polar surface area (TPSA) is 84.7 Å². The number of carboxylic acid groups (broad SMARTS) is 1. The molecule has 0 fully saturated rings. The lowest BCUT2D eigenvalue weighted by atomic mass is 10.0. The molecular weight excluding hydrogens is 474 g/mol. The van der Waals surface area contributed by atoms with Crippen LogP contribution in [0.4, 0.5) is 0 Å². The fourth-order valence-electron chi connectivity index (χ4n) is 4.56. The number of amides is 1. The van der Waals surface area contributed by atoms with Crippen molar-refractivity contribution in [3.8, 4) is 5.75 Å². The second kappa shape index (κ2) is 9.12. The molecule has 1 aliphatic heterocycles. The van der Waals surface area contributed by atoms with E-state index in [4.69, 9.17) is 16.3 Å². The zero-order valence-electron chi connectivity index (χ0n) is 18.5. The minimum atomic E-state index is -1.06. The van der Waals surface area contributed by atoms with Gasteiger partial charge in [0.15, 0.2) is 0 Å². The molecule has 0 atom stereocenters. The first-order valence-electron chi connectivity index (χ1n) is 10.8. The number of thiophene rings is 1. The molecule has 3 aromatic heterocycles. The number of ether oxygens (including phenoxy) is 1. The Balaban J connectivity index is 1.42. The number of hydrogen-bond acceptors (Lipinski definition) is 5. The van der Waals surface area contributed by atoms with Crippen molar-refractivity contribution in [1.82, 2.24) is 14.5 Å². The number of halogens is 1. The Morgan fingerprint density at radius 1 is 1.24 bits per heavy atom. The number of carboxylic acids is 1. The molecule has 0 spiro atoms. The monoisotopic (exact) mass is 495 g/mol. The highest BCUT2D eigenvalue weighted by molar-refractivity contribution is 7.14. The van der Waals surface area contributed by atoms with Crippen LogP contribution in [-0.2, 0) is 30.7 Å². The van der Waals surface area contributed by atoms with Gasteiger partial charge in [0.2, 0.25) is 5.91 Å². The lowest BCUT2D eigenvalue weighted by Crippen LogP contribution is -2.37. The summed E-state index contributed by atoms with van der Waals surface area (Å²) >= 11 is 7.65. The zero-order chi connectivity index (χ0) is 23.8. The molecule has 1 amide bonds. The quantitative estimate of drug-likeness (QED) is 0.421. The van der Waals surface area contributed by atoms with Crippen LogP contribution < -0.4 is 4.74 Å². The van der Waals surface area contributed by atoms with E-state index in [1.165, 1.54) is 30.1 Å². The van der Waals surface area contributed by atoms with Crippen molar-refractivity contribution in [3.05, 3.63) is 80.3 Å². The lowest BCUT2D eigenvalue weighted by Gasteiger charge is -2.29. The molecule has 174 valence electrons. The highest BCUT2D eigenvalue weighted by Crippen LogP contribution is 2.32. The van der Waals surface area contributed by atoms with Gasteiger partial charge in [-0.2, -0.15) is 0 Å². The minimum absolute atomic E-state index is 0.0147. The van der Waals surface area contributed by atoms with Crippen molar-refractivity contribution in [2.24, 2.45) is 0 Å². The molecule has 0 saturated carbocycles. The molecule has 0 saturated heterocycles. The molecule has 5 rings (SSSR count).